The number of hydrogen-bond donors (Lipinski definition) is 0. The molecule has 1 aliphatic heterocycles. The first kappa shape index (κ1) is 17.8. The molecule has 0 N–H and O–H groups in total. The van der Waals surface area contributed by atoms with Gasteiger partial charge in [0.25, 0.3) is 11.8 Å². The van der Waals surface area contributed by atoms with Gasteiger partial charge in [-0.05, 0) is 38.3 Å². The third-order valence-electron chi connectivity index (χ3n) is 3.97. The Hall–Kier alpha value is -2.50. The molecule has 0 spiro atoms. The molecule has 1 aliphatic rings. The molecule has 2 atom stereocenters. The number of ketones is 1. The second-order valence-electron chi connectivity index (χ2n) is 6.36. The Morgan fingerprint density at radius 1 is 1.04 bits per heavy atom. The first-order chi connectivity index (χ1) is 11.2. The van der Waals surface area contributed by atoms with Gasteiger partial charge in [0.2, 0.25) is 0 Å². The van der Waals surface area contributed by atoms with Gasteiger partial charge in [-0.2, -0.15) is 0 Å². The summed E-state index contributed by atoms with van der Waals surface area (Å²) in [6.07, 6.45) is -0.642. The Labute approximate surface area is 140 Å². The molecule has 1 heterocycles. The molecule has 6 heteroatoms. The van der Waals surface area contributed by atoms with Crippen molar-refractivity contribution in [1.29, 1.82) is 0 Å². The maximum absolute atomic E-state index is 12.6. The molecule has 6 nitrogen and oxygen atoms in total. The zero-order chi connectivity index (χ0) is 18.0. The lowest BCUT2D eigenvalue weighted by Gasteiger charge is -2.26. The van der Waals surface area contributed by atoms with Crippen LogP contribution in [0, 0.1) is 5.92 Å². The van der Waals surface area contributed by atoms with Crippen molar-refractivity contribution in [2.75, 3.05) is 0 Å². The van der Waals surface area contributed by atoms with Gasteiger partial charge in [0, 0.05) is 0 Å². The molecular weight excluding hydrogens is 310 g/mol. The number of amides is 2. The fourth-order valence-corrected chi connectivity index (χ4v) is 2.58. The number of fused-ring (bicyclic) bond motifs is 1. The number of carbonyl (C=O) groups is 4. The molecular formula is C18H21NO5. The lowest BCUT2D eigenvalue weighted by molar-refractivity contribution is -0.157. The van der Waals surface area contributed by atoms with Crippen LogP contribution in [-0.2, 0) is 14.3 Å². The molecule has 24 heavy (non-hydrogen) atoms. The van der Waals surface area contributed by atoms with E-state index in [1.165, 1.54) is 13.8 Å². The molecule has 2 rings (SSSR count). The van der Waals surface area contributed by atoms with Gasteiger partial charge in [0.05, 0.1) is 11.1 Å². The van der Waals surface area contributed by atoms with Gasteiger partial charge in [0.15, 0.2) is 11.9 Å². The summed E-state index contributed by atoms with van der Waals surface area (Å²) in [7, 11) is 0. The van der Waals surface area contributed by atoms with Gasteiger partial charge in [-0.1, -0.05) is 26.0 Å². The van der Waals surface area contributed by atoms with Crippen LogP contribution >= 0.6 is 0 Å². The number of Topliss-reactive ketones (excluding diaryl/α,β-unsaturated/α-hetero) is 1. The fourth-order valence-electron chi connectivity index (χ4n) is 2.58. The second-order valence-corrected chi connectivity index (χ2v) is 6.36. The summed E-state index contributed by atoms with van der Waals surface area (Å²) in [5.74, 6) is -1.99. The molecule has 2 amide bonds. The minimum Gasteiger partial charge on any atom is -0.453 e. The van der Waals surface area contributed by atoms with Crippen molar-refractivity contribution in [2.24, 2.45) is 5.92 Å². The van der Waals surface area contributed by atoms with E-state index in [2.05, 4.69) is 0 Å². The third kappa shape index (κ3) is 3.37. The van der Waals surface area contributed by atoms with E-state index in [9.17, 15) is 19.2 Å². The summed E-state index contributed by atoms with van der Waals surface area (Å²) in [6, 6.07) is 5.42. The molecule has 1 aromatic rings. The van der Waals surface area contributed by atoms with E-state index in [0.717, 1.165) is 4.90 Å². The Kier molecular flexibility index (Phi) is 5.17. The zero-order valence-electron chi connectivity index (χ0n) is 14.2. The predicted molar refractivity (Wildman–Crippen MR) is 86.4 cm³/mol. The van der Waals surface area contributed by atoms with E-state index in [4.69, 9.17) is 4.74 Å². The Balaban J connectivity index is 2.32. The first-order valence-corrected chi connectivity index (χ1v) is 7.91. The standard InChI is InChI=1S/C18H21NO5/c1-10(2)9-15(18(23)24-12(4)11(3)20)19-16(21)13-7-5-6-8-14(13)17(19)22/h5-8,10,12,15H,9H2,1-4H3/t12-,15+/m0/s1. The second kappa shape index (κ2) is 6.95. The van der Waals surface area contributed by atoms with Crippen molar-refractivity contribution in [2.45, 2.75) is 46.3 Å². The van der Waals surface area contributed by atoms with Crippen molar-refractivity contribution in [1.82, 2.24) is 4.90 Å². The molecule has 0 radical (unpaired) electrons. The van der Waals surface area contributed by atoms with Gasteiger partial charge in [-0.15, -0.1) is 0 Å². The van der Waals surface area contributed by atoms with E-state index in [1.807, 2.05) is 13.8 Å². The van der Waals surface area contributed by atoms with Crippen LogP contribution in [0.1, 0.15) is 54.8 Å². The highest BCUT2D eigenvalue weighted by Crippen LogP contribution is 2.27. The number of hydrogen-bond acceptors (Lipinski definition) is 5. The third-order valence-corrected chi connectivity index (χ3v) is 3.97. The predicted octanol–water partition coefficient (Wildman–Crippen LogP) is 2.22. The van der Waals surface area contributed by atoms with Crippen molar-refractivity contribution in [3.05, 3.63) is 35.4 Å². The highest BCUT2D eigenvalue weighted by atomic mass is 16.5. The average Bonchev–Trinajstić information content (AvgIpc) is 2.77. The average molecular weight is 331 g/mol. The molecule has 0 unspecified atom stereocenters. The van der Waals surface area contributed by atoms with Crippen molar-refractivity contribution >= 4 is 23.6 Å². The lowest BCUT2D eigenvalue weighted by atomic mass is 10.0. The van der Waals surface area contributed by atoms with E-state index < -0.39 is 29.9 Å². The summed E-state index contributed by atoms with van der Waals surface area (Å²) in [4.78, 5) is 50.0. The minimum atomic E-state index is -1.04. The number of nitrogens with zero attached hydrogens (tertiary/aromatic N) is 1. The largest absolute Gasteiger partial charge is 0.453 e. The van der Waals surface area contributed by atoms with Crippen LogP contribution in [0.15, 0.2) is 24.3 Å². The first-order valence-electron chi connectivity index (χ1n) is 7.91. The quantitative estimate of drug-likeness (QED) is 0.590. The molecule has 0 saturated carbocycles. The Morgan fingerprint density at radius 2 is 1.54 bits per heavy atom. The molecule has 0 aliphatic carbocycles. The molecule has 1 aromatic carbocycles. The number of esters is 1. The molecule has 0 fully saturated rings. The number of rotatable bonds is 6. The number of benzene rings is 1. The molecule has 128 valence electrons. The maximum Gasteiger partial charge on any atom is 0.330 e. The van der Waals surface area contributed by atoms with Crippen LogP contribution in [0.25, 0.3) is 0 Å². The monoisotopic (exact) mass is 331 g/mol. The number of carbonyl (C=O) groups excluding carboxylic acids is 4. The van der Waals surface area contributed by atoms with E-state index in [1.54, 1.807) is 24.3 Å². The van der Waals surface area contributed by atoms with Gasteiger partial charge in [-0.25, -0.2) is 4.79 Å². The number of ether oxygens (including phenoxy) is 1. The summed E-state index contributed by atoms with van der Waals surface area (Å²) >= 11 is 0. The smallest absolute Gasteiger partial charge is 0.330 e. The fraction of sp³-hybridized carbons (Fsp3) is 0.444. The van der Waals surface area contributed by atoms with E-state index in [0.29, 0.717) is 0 Å². The Morgan fingerprint density at radius 3 is 1.96 bits per heavy atom. The summed E-state index contributed by atoms with van der Waals surface area (Å²) in [5, 5.41) is 0. The summed E-state index contributed by atoms with van der Waals surface area (Å²) < 4.78 is 5.15. The van der Waals surface area contributed by atoms with Crippen LogP contribution in [0.2, 0.25) is 0 Å². The normalized spacial score (nSPS) is 16.1. The van der Waals surface area contributed by atoms with Crippen LogP contribution < -0.4 is 0 Å². The highest BCUT2D eigenvalue weighted by molar-refractivity contribution is 6.22. The van der Waals surface area contributed by atoms with Crippen molar-refractivity contribution < 1.29 is 23.9 Å². The molecule has 0 aromatic heterocycles. The van der Waals surface area contributed by atoms with Gasteiger partial charge >= 0.3 is 5.97 Å². The SMILES string of the molecule is CC(=O)[C@H](C)OC(=O)[C@@H](CC(C)C)N1C(=O)c2ccccc2C1=O. The van der Waals surface area contributed by atoms with Crippen molar-refractivity contribution in [3.63, 3.8) is 0 Å². The van der Waals surface area contributed by atoms with E-state index in [-0.39, 0.29) is 29.2 Å². The van der Waals surface area contributed by atoms with Crippen LogP contribution in [-0.4, -0.2) is 40.6 Å². The highest BCUT2D eigenvalue weighted by Gasteiger charge is 2.43. The van der Waals surface area contributed by atoms with Crippen LogP contribution in [0.4, 0.5) is 0 Å². The maximum atomic E-state index is 12.6. The van der Waals surface area contributed by atoms with Gasteiger partial charge < -0.3 is 4.74 Å². The topological polar surface area (TPSA) is 80.8 Å². The Bertz CT molecular complexity index is 659. The zero-order valence-corrected chi connectivity index (χ0v) is 14.2. The summed E-state index contributed by atoms with van der Waals surface area (Å²) in [5.41, 5.74) is 0.562. The van der Waals surface area contributed by atoms with E-state index >= 15 is 0 Å². The molecule has 0 bridgehead atoms. The minimum absolute atomic E-state index is 0.0551. The number of imide groups is 1. The molecule has 0 saturated heterocycles. The van der Waals surface area contributed by atoms with Gasteiger partial charge in [-0.3, -0.25) is 19.3 Å². The van der Waals surface area contributed by atoms with Crippen LogP contribution in [0.3, 0.4) is 0 Å². The summed E-state index contributed by atoms with van der Waals surface area (Å²) in [6.45, 7) is 6.55. The lowest BCUT2D eigenvalue weighted by Crippen LogP contribution is -2.47. The van der Waals surface area contributed by atoms with Crippen LogP contribution in [0.5, 0.6) is 0 Å². The van der Waals surface area contributed by atoms with Gasteiger partial charge in [0.1, 0.15) is 6.04 Å². The van der Waals surface area contributed by atoms with Crippen molar-refractivity contribution in [3.8, 4) is 0 Å².